The van der Waals surface area contributed by atoms with Crippen molar-refractivity contribution in [2.24, 2.45) is 0 Å². The normalized spacial score (nSPS) is 11.3. The lowest BCUT2D eigenvalue weighted by atomic mass is 10.2. The third kappa shape index (κ3) is 6.48. The van der Waals surface area contributed by atoms with Crippen LogP contribution in [0.2, 0.25) is 0 Å². The Hall–Kier alpha value is -3.54. The molecule has 0 unspecified atom stereocenters. The molecule has 1 aromatic heterocycles. The van der Waals surface area contributed by atoms with Gasteiger partial charge in [0, 0.05) is 24.6 Å². The molecule has 0 aliphatic heterocycles. The molecule has 0 radical (unpaired) electrons. The zero-order chi connectivity index (χ0) is 24.0. The smallest absolute Gasteiger partial charge is 0.246 e. The van der Waals surface area contributed by atoms with Gasteiger partial charge in [0.2, 0.25) is 27.6 Å². The molecule has 0 saturated heterocycles. The van der Waals surface area contributed by atoms with Crippen LogP contribution in [0, 0.1) is 11.6 Å². The molecule has 3 aromatic rings. The van der Waals surface area contributed by atoms with Crippen LogP contribution in [-0.4, -0.2) is 44.4 Å². The molecule has 0 bridgehead atoms. The molecule has 1 heterocycles. The average Bonchev–Trinajstić information content (AvgIpc) is 3.26. The lowest BCUT2D eigenvalue weighted by Gasteiger charge is -2.22. The quantitative estimate of drug-likeness (QED) is 0.475. The maximum Gasteiger partial charge on any atom is 0.246 e. The number of anilines is 1. The summed E-state index contributed by atoms with van der Waals surface area (Å²) in [5.74, 6) is -1.35. The standard InChI is InChI=1S/C21H22F2N4O5S/c1-31-16-8-5-14(6-9-16)21-25-20(32-26-21)13-24-19(28)4-3-11-27(33(2,29)30)15-7-10-17(22)18(23)12-15/h5-10,12H,3-4,11,13H2,1-2H3,(H,24,28). The van der Waals surface area contributed by atoms with Crippen LogP contribution >= 0.6 is 0 Å². The molecule has 1 N–H and O–H groups in total. The largest absolute Gasteiger partial charge is 0.497 e. The first-order chi connectivity index (χ1) is 15.7. The highest BCUT2D eigenvalue weighted by Gasteiger charge is 2.19. The Labute approximate surface area is 189 Å². The number of methoxy groups -OCH3 is 1. The Balaban J connectivity index is 1.51. The Morgan fingerprint density at radius 1 is 1.15 bits per heavy atom. The summed E-state index contributed by atoms with van der Waals surface area (Å²) in [5.41, 5.74) is 0.698. The predicted molar refractivity (Wildman–Crippen MR) is 116 cm³/mol. The number of halogens is 2. The summed E-state index contributed by atoms with van der Waals surface area (Å²) in [5, 5.41) is 6.49. The maximum atomic E-state index is 13.5. The lowest BCUT2D eigenvalue weighted by Crippen LogP contribution is -2.32. The second-order valence-electron chi connectivity index (χ2n) is 7.05. The molecule has 0 saturated carbocycles. The van der Waals surface area contributed by atoms with Crippen molar-refractivity contribution in [3.63, 3.8) is 0 Å². The fourth-order valence-electron chi connectivity index (χ4n) is 2.96. The van der Waals surface area contributed by atoms with E-state index in [4.69, 9.17) is 9.26 Å². The zero-order valence-corrected chi connectivity index (χ0v) is 18.7. The molecule has 176 valence electrons. The Bertz CT molecular complexity index is 1220. The number of ether oxygens (including phenoxy) is 1. The van der Waals surface area contributed by atoms with Crippen molar-refractivity contribution in [1.82, 2.24) is 15.5 Å². The summed E-state index contributed by atoms with van der Waals surface area (Å²) in [6.45, 7) is -0.0829. The van der Waals surface area contributed by atoms with Crippen molar-refractivity contribution in [1.29, 1.82) is 0 Å². The van der Waals surface area contributed by atoms with Crippen LogP contribution in [0.1, 0.15) is 18.7 Å². The lowest BCUT2D eigenvalue weighted by molar-refractivity contribution is -0.121. The van der Waals surface area contributed by atoms with Gasteiger partial charge in [0.25, 0.3) is 0 Å². The third-order valence-corrected chi connectivity index (χ3v) is 5.80. The second-order valence-corrected chi connectivity index (χ2v) is 8.96. The number of nitrogens with zero attached hydrogens (tertiary/aromatic N) is 3. The monoisotopic (exact) mass is 480 g/mol. The van der Waals surface area contributed by atoms with Crippen molar-refractivity contribution in [3.05, 3.63) is 60.0 Å². The molecule has 0 aliphatic rings. The number of rotatable bonds is 10. The van der Waals surface area contributed by atoms with Crippen molar-refractivity contribution >= 4 is 21.6 Å². The highest BCUT2D eigenvalue weighted by Crippen LogP contribution is 2.21. The van der Waals surface area contributed by atoms with Gasteiger partial charge in [-0.2, -0.15) is 4.98 Å². The number of benzene rings is 2. The number of carbonyl (C=O) groups excluding carboxylic acids is 1. The van der Waals surface area contributed by atoms with Crippen LogP contribution in [0.15, 0.2) is 47.0 Å². The summed E-state index contributed by atoms with van der Waals surface area (Å²) >= 11 is 0. The van der Waals surface area contributed by atoms with Gasteiger partial charge < -0.3 is 14.6 Å². The number of nitrogens with one attached hydrogen (secondary N) is 1. The first kappa shape index (κ1) is 24.1. The van der Waals surface area contributed by atoms with Crippen LogP contribution in [0.5, 0.6) is 5.75 Å². The van der Waals surface area contributed by atoms with Gasteiger partial charge in [0.05, 0.1) is 25.6 Å². The van der Waals surface area contributed by atoms with Gasteiger partial charge in [-0.15, -0.1) is 0 Å². The Kier molecular flexibility index (Phi) is 7.59. The Morgan fingerprint density at radius 3 is 2.52 bits per heavy atom. The van der Waals surface area contributed by atoms with Gasteiger partial charge >= 0.3 is 0 Å². The summed E-state index contributed by atoms with van der Waals surface area (Å²) in [6.07, 6.45) is 1.10. The first-order valence-corrected chi connectivity index (χ1v) is 11.7. The van der Waals surface area contributed by atoms with Gasteiger partial charge in [0.15, 0.2) is 11.6 Å². The first-order valence-electron chi connectivity index (χ1n) is 9.84. The van der Waals surface area contributed by atoms with E-state index in [1.807, 2.05) is 0 Å². The van der Waals surface area contributed by atoms with E-state index >= 15 is 0 Å². The predicted octanol–water partition coefficient (Wildman–Crippen LogP) is 2.89. The zero-order valence-electron chi connectivity index (χ0n) is 17.9. The number of hydrogen-bond acceptors (Lipinski definition) is 7. The van der Waals surface area contributed by atoms with E-state index in [1.165, 1.54) is 0 Å². The highest BCUT2D eigenvalue weighted by molar-refractivity contribution is 7.92. The van der Waals surface area contributed by atoms with Crippen LogP contribution in [0.25, 0.3) is 11.4 Å². The molecular formula is C21H22F2N4O5S. The minimum atomic E-state index is -3.76. The van der Waals surface area contributed by atoms with Gasteiger partial charge in [0.1, 0.15) is 5.75 Å². The van der Waals surface area contributed by atoms with Gasteiger partial charge in [-0.05, 0) is 42.8 Å². The van der Waals surface area contributed by atoms with Crippen molar-refractivity contribution in [2.75, 3.05) is 24.2 Å². The van der Waals surface area contributed by atoms with E-state index < -0.39 is 21.7 Å². The average molecular weight is 480 g/mol. The fourth-order valence-corrected chi connectivity index (χ4v) is 3.91. The molecule has 1 amide bonds. The van der Waals surface area contributed by atoms with Crippen molar-refractivity contribution in [3.8, 4) is 17.1 Å². The van der Waals surface area contributed by atoms with Crippen LogP contribution < -0.4 is 14.4 Å². The fraction of sp³-hybridized carbons (Fsp3) is 0.286. The molecule has 12 heteroatoms. The molecule has 9 nitrogen and oxygen atoms in total. The van der Waals surface area contributed by atoms with E-state index in [2.05, 4.69) is 15.5 Å². The van der Waals surface area contributed by atoms with Crippen LogP contribution in [0.4, 0.5) is 14.5 Å². The summed E-state index contributed by atoms with van der Waals surface area (Å²) in [6, 6.07) is 9.86. The molecule has 2 aromatic carbocycles. The maximum absolute atomic E-state index is 13.5. The molecule has 0 atom stereocenters. The number of hydrogen-bond donors (Lipinski definition) is 1. The van der Waals surface area contributed by atoms with Crippen molar-refractivity contribution < 1.29 is 31.3 Å². The van der Waals surface area contributed by atoms with E-state index in [0.29, 0.717) is 11.6 Å². The minimum Gasteiger partial charge on any atom is -0.497 e. The summed E-state index contributed by atoms with van der Waals surface area (Å²) in [4.78, 5) is 16.4. The van der Waals surface area contributed by atoms with Crippen LogP contribution in [-0.2, 0) is 21.4 Å². The molecular weight excluding hydrogens is 458 g/mol. The SMILES string of the molecule is COc1ccc(-c2noc(CNC(=O)CCCN(c3ccc(F)c(F)c3)S(C)(=O)=O)n2)cc1. The second kappa shape index (κ2) is 10.4. The molecule has 3 rings (SSSR count). The number of amides is 1. The van der Waals surface area contributed by atoms with Crippen LogP contribution in [0.3, 0.4) is 0 Å². The van der Waals surface area contributed by atoms with Gasteiger partial charge in [-0.3, -0.25) is 9.10 Å². The molecule has 0 spiro atoms. The highest BCUT2D eigenvalue weighted by atomic mass is 32.2. The topological polar surface area (TPSA) is 115 Å². The third-order valence-electron chi connectivity index (χ3n) is 4.61. The molecule has 0 aliphatic carbocycles. The number of carbonyl (C=O) groups is 1. The van der Waals surface area contributed by atoms with E-state index in [9.17, 15) is 22.0 Å². The van der Waals surface area contributed by atoms with Gasteiger partial charge in [-0.25, -0.2) is 17.2 Å². The molecule has 33 heavy (non-hydrogen) atoms. The number of aromatic nitrogens is 2. The summed E-state index contributed by atoms with van der Waals surface area (Å²) in [7, 11) is -2.20. The Morgan fingerprint density at radius 2 is 1.88 bits per heavy atom. The summed E-state index contributed by atoms with van der Waals surface area (Å²) < 4.78 is 61.9. The van der Waals surface area contributed by atoms with Gasteiger partial charge in [-0.1, -0.05) is 5.16 Å². The van der Waals surface area contributed by atoms with E-state index in [-0.39, 0.29) is 43.4 Å². The van der Waals surface area contributed by atoms with E-state index in [1.54, 1.807) is 31.4 Å². The molecule has 0 fully saturated rings. The number of sulfonamides is 1. The minimum absolute atomic E-state index is 0.000944. The van der Waals surface area contributed by atoms with E-state index in [0.717, 1.165) is 34.3 Å². The van der Waals surface area contributed by atoms with Crippen molar-refractivity contribution in [2.45, 2.75) is 19.4 Å².